The maximum atomic E-state index is 12.9. The van der Waals surface area contributed by atoms with Crippen molar-refractivity contribution < 1.29 is 9.59 Å². The second-order valence-corrected chi connectivity index (χ2v) is 6.76. The standard InChI is InChI=1S/C19H26N2O2/c22-18-13-16(14-20-18)19(23)21(17-9-5-2-6-10-17)12-11-15-7-3-1-4-8-15/h1,3-4,7-8,16-17H,2,5-6,9-14H2,(H,20,22)/t16-/m0/s1. The van der Waals surface area contributed by atoms with Gasteiger partial charge >= 0.3 is 0 Å². The molecule has 1 aliphatic heterocycles. The zero-order valence-corrected chi connectivity index (χ0v) is 13.7. The summed E-state index contributed by atoms with van der Waals surface area (Å²) in [6, 6.07) is 10.7. The molecular weight excluding hydrogens is 288 g/mol. The lowest BCUT2D eigenvalue weighted by atomic mass is 9.92. The van der Waals surface area contributed by atoms with E-state index >= 15 is 0 Å². The van der Waals surface area contributed by atoms with Crippen LogP contribution in [0.4, 0.5) is 0 Å². The number of carbonyl (C=O) groups excluding carboxylic acids is 2. The molecule has 3 rings (SSSR count). The van der Waals surface area contributed by atoms with Crippen LogP contribution in [0.2, 0.25) is 0 Å². The first-order valence-corrected chi connectivity index (χ1v) is 8.85. The van der Waals surface area contributed by atoms with Gasteiger partial charge in [-0.1, -0.05) is 49.6 Å². The Morgan fingerprint density at radius 1 is 1.13 bits per heavy atom. The van der Waals surface area contributed by atoms with Crippen LogP contribution in [0.1, 0.15) is 44.1 Å². The lowest BCUT2D eigenvalue weighted by Crippen LogP contribution is -2.46. The van der Waals surface area contributed by atoms with Gasteiger partial charge in [0, 0.05) is 25.6 Å². The fourth-order valence-electron chi connectivity index (χ4n) is 3.77. The zero-order valence-electron chi connectivity index (χ0n) is 13.7. The summed E-state index contributed by atoms with van der Waals surface area (Å²) in [5.41, 5.74) is 1.27. The maximum absolute atomic E-state index is 12.9. The van der Waals surface area contributed by atoms with Gasteiger partial charge in [0.15, 0.2) is 0 Å². The third kappa shape index (κ3) is 4.12. The second kappa shape index (κ2) is 7.62. The van der Waals surface area contributed by atoms with E-state index in [1.165, 1.54) is 24.8 Å². The Bertz CT molecular complexity index is 538. The van der Waals surface area contributed by atoms with Crippen molar-refractivity contribution in [1.29, 1.82) is 0 Å². The van der Waals surface area contributed by atoms with Gasteiger partial charge in [0.05, 0.1) is 5.92 Å². The topological polar surface area (TPSA) is 49.4 Å². The molecule has 2 amide bonds. The molecule has 1 saturated carbocycles. The van der Waals surface area contributed by atoms with Crippen LogP contribution in [0.25, 0.3) is 0 Å². The fourth-order valence-corrected chi connectivity index (χ4v) is 3.77. The molecule has 0 bridgehead atoms. The molecule has 1 heterocycles. The summed E-state index contributed by atoms with van der Waals surface area (Å²) in [4.78, 5) is 26.5. The van der Waals surface area contributed by atoms with Crippen molar-refractivity contribution in [2.75, 3.05) is 13.1 Å². The fraction of sp³-hybridized carbons (Fsp3) is 0.579. The molecule has 4 nitrogen and oxygen atoms in total. The van der Waals surface area contributed by atoms with Gasteiger partial charge in [0.1, 0.15) is 0 Å². The van der Waals surface area contributed by atoms with E-state index in [-0.39, 0.29) is 17.7 Å². The number of amides is 2. The van der Waals surface area contributed by atoms with Crippen LogP contribution < -0.4 is 5.32 Å². The lowest BCUT2D eigenvalue weighted by molar-refractivity contribution is -0.138. The highest BCUT2D eigenvalue weighted by atomic mass is 16.2. The summed E-state index contributed by atoms with van der Waals surface area (Å²) < 4.78 is 0. The first kappa shape index (κ1) is 16.0. The summed E-state index contributed by atoms with van der Waals surface area (Å²) in [7, 11) is 0. The van der Waals surface area contributed by atoms with Crippen LogP contribution in [0.3, 0.4) is 0 Å². The maximum Gasteiger partial charge on any atom is 0.228 e. The average Bonchev–Trinajstić information content (AvgIpc) is 3.03. The Hall–Kier alpha value is -1.84. The summed E-state index contributed by atoms with van der Waals surface area (Å²) in [5.74, 6) is 0.0152. The molecular formula is C19H26N2O2. The first-order valence-electron chi connectivity index (χ1n) is 8.85. The van der Waals surface area contributed by atoms with E-state index in [4.69, 9.17) is 0 Å². The highest BCUT2D eigenvalue weighted by Crippen LogP contribution is 2.25. The molecule has 23 heavy (non-hydrogen) atoms. The van der Waals surface area contributed by atoms with Crippen molar-refractivity contribution in [2.24, 2.45) is 5.92 Å². The third-order valence-corrected chi connectivity index (χ3v) is 5.11. The Balaban J connectivity index is 1.67. The molecule has 1 atom stereocenters. The minimum atomic E-state index is -0.166. The van der Waals surface area contributed by atoms with Gasteiger partial charge in [0.25, 0.3) is 0 Å². The minimum absolute atomic E-state index is 0.00926. The van der Waals surface area contributed by atoms with E-state index in [2.05, 4.69) is 22.3 Å². The second-order valence-electron chi connectivity index (χ2n) is 6.76. The summed E-state index contributed by atoms with van der Waals surface area (Å²) in [5, 5.41) is 2.80. The van der Waals surface area contributed by atoms with Crippen molar-refractivity contribution in [3.63, 3.8) is 0 Å². The predicted molar refractivity (Wildman–Crippen MR) is 89.8 cm³/mol. The van der Waals surface area contributed by atoms with E-state index in [1.54, 1.807) is 0 Å². The molecule has 1 saturated heterocycles. The molecule has 1 aromatic carbocycles. The first-order chi connectivity index (χ1) is 11.2. The highest BCUT2D eigenvalue weighted by Gasteiger charge is 2.34. The smallest absolute Gasteiger partial charge is 0.228 e. The van der Waals surface area contributed by atoms with E-state index in [1.807, 2.05) is 18.2 Å². The van der Waals surface area contributed by atoms with Gasteiger partial charge in [-0.25, -0.2) is 0 Å². The minimum Gasteiger partial charge on any atom is -0.355 e. The number of nitrogens with one attached hydrogen (secondary N) is 1. The van der Waals surface area contributed by atoms with Crippen molar-refractivity contribution >= 4 is 11.8 Å². The van der Waals surface area contributed by atoms with Crippen LogP contribution >= 0.6 is 0 Å². The Labute approximate surface area is 138 Å². The molecule has 1 aromatic rings. The Morgan fingerprint density at radius 3 is 2.52 bits per heavy atom. The summed E-state index contributed by atoms with van der Waals surface area (Å²) >= 11 is 0. The lowest BCUT2D eigenvalue weighted by Gasteiger charge is -2.36. The molecule has 1 N–H and O–H groups in total. The van der Waals surface area contributed by atoms with Gasteiger partial charge in [0.2, 0.25) is 11.8 Å². The number of benzene rings is 1. The van der Waals surface area contributed by atoms with Crippen molar-refractivity contribution in [1.82, 2.24) is 10.2 Å². The zero-order chi connectivity index (χ0) is 16.1. The number of nitrogens with zero attached hydrogens (tertiary/aromatic N) is 1. The molecule has 2 fully saturated rings. The molecule has 2 aliphatic rings. The van der Waals surface area contributed by atoms with Gasteiger partial charge < -0.3 is 10.2 Å². The quantitative estimate of drug-likeness (QED) is 0.908. The third-order valence-electron chi connectivity index (χ3n) is 5.11. The van der Waals surface area contributed by atoms with Gasteiger partial charge in [-0.05, 0) is 24.8 Å². The van der Waals surface area contributed by atoms with Crippen molar-refractivity contribution in [3.8, 4) is 0 Å². The van der Waals surface area contributed by atoms with E-state index in [9.17, 15) is 9.59 Å². The van der Waals surface area contributed by atoms with Gasteiger partial charge in [-0.2, -0.15) is 0 Å². The number of carbonyl (C=O) groups is 2. The van der Waals surface area contributed by atoms with E-state index in [0.29, 0.717) is 19.0 Å². The van der Waals surface area contributed by atoms with Crippen molar-refractivity contribution in [3.05, 3.63) is 35.9 Å². The molecule has 4 heteroatoms. The van der Waals surface area contributed by atoms with Crippen molar-refractivity contribution in [2.45, 2.75) is 51.0 Å². The SMILES string of the molecule is O=C1C[C@H](C(=O)N(CCc2ccccc2)C2CCCCC2)CN1. The Kier molecular flexibility index (Phi) is 5.31. The number of rotatable bonds is 5. The molecule has 0 unspecified atom stereocenters. The largest absolute Gasteiger partial charge is 0.355 e. The molecule has 1 aliphatic carbocycles. The van der Waals surface area contributed by atoms with Crippen LogP contribution in [-0.4, -0.2) is 35.8 Å². The van der Waals surface area contributed by atoms with E-state index < -0.39 is 0 Å². The normalized spacial score (nSPS) is 21.9. The Morgan fingerprint density at radius 2 is 1.87 bits per heavy atom. The molecule has 0 spiro atoms. The van der Waals surface area contributed by atoms with Crippen LogP contribution in [-0.2, 0) is 16.0 Å². The predicted octanol–water partition coefficient (Wildman–Crippen LogP) is 2.53. The van der Waals surface area contributed by atoms with Crippen LogP contribution in [0.5, 0.6) is 0 Å². The average molecular weight is 314 g/mol. The van der Waals surface area contributed by atoms with E-state index in [0.717, 1.165) is 25.8 Å². The van der Waals surface area contributed by atoms with Crippen LogP contribution in [0.15, 0.2) is 30.3 Å². The molecule has 0 aromatic heterocycles. The number of hydrogen-bond acceptors (Lipinski definition) is 2. The van der Waals surface area contributed by atoms with Crippen LogP contribution in [0, 0.1) is 5.92 Å². The highest BCUT2D eigenvalue weighted by molar-refractivity contribution is 5.89. The summed E-state index contributed by atoms with van der Waals surface area (Å²) in [6.45, 7) is 1.27. The summed E-state index contributed by atoms with van der Waals surface area (Å²) in [6.07, 6.45) is 7.15. The van der Waals surface area contributed by atoms with Gasteiger partial charge in [-0.3, -0.25) is 9.59 Å². The molecule has 124 valence electrons. The number of hydrogen-bond donors (Lipinski definition) is 1. The molecule has 0 radical (unpaired) electrons. The van der Waals surface area contributed by atoms with Gasteiger partial charge in [-0.15, -0.1) is 0 Å². The monoisotopic (exact) mass is 314 g/mol.